The van der Waals surface area contributed by atoms with Crippen molar-refractivity contribution in [2.75, 3.05) is 14.2 Å². The molecule has 0 saturated heterocycles. The molecule has 0 aliphatic rings. The third-order valence-electron chi connectivity index (χ3n) is 2.75. The molecule has 0 radical (unpaired) electrons. The standard InChI is InChI=1S/C12H19NO2/c1-12(2,15-4)11(13)9-7-5-6-8-10(9)14-3/h5-8,11H,13H2,1-4H3. The van der Waals surface area contributed by atoms with Crippen LogP contribution in [0.5, 0.6) is 5.75 Å². The fourth-order valence-electron chi connectivity index (χ4n) is 1.42. The number of ether oxygens (including phenoxy) is 2. The maximum absolute atomic E-state index is 6.15. The monoisotopic (exact) mass is 209 g/mol. The second-order valence-electron chi connectivity index (χ2n) is 4.03. The summed E-state index contributed by atoms with van der Waals surface area (Å²) < 4.78 is 10.6. The molecule has 0 amide bonds. The molecule has 0 fully saturated rings. The van der Waals surface area contributed by atoms with E-state index in [1.807, 2.05) is 38.1 Å². The van der Waals surface area contributed by atoms with Gasteiger partial charge in [0.25, 0.3) is 0 Å². The summed E-state index contributed by atoms with van der Waals surface area (Å²) in [6.07, 6.45) is 0. The van der Waals surface area contributed by atoms with Gasteiger partial charge in [-0.1, -0.05) is 18.2 Å². The summed E-state index contributed by atoms with van der Waals surface area (Å²) in [7, 11) is 3.31. The number of para-hydroxylation sites is 1. The summed E-state index contributed by atoms with van der Waals surface area (Å²) in [6.45, 7) is 3.92. The van der Waals surface area contributed by atoms with Crippen LogP contribution in [-0.2, 0) is 4.74 Å². The van der Waals surface area contributed by atoms with E-state index in [-0.39, 0.29) is 6.04 Å². The maximum atomic E-state index is 6.15. The molecule has 1 aromatic rings. The van der Waals surface area contributed by atoms with Crippen LogP contribution in [0.3, 0.4) is 0 Å². The van der Waals surface area contributed by atoms with E-state index >= 15 is 0 Å². The Kier molecular flexibility index (Phi) is 3.72. The lowest BCUT2D eigenvalue weighted by Crippen LogP contribution is -2.37. The summed E-state index contributed by atoms with van der Waals surface area (Å²) in [4.78, 5) is 0. The van der Waals surface area contributed by atoms with Crippen LogP contribution in [0.2, 0.25) is 0 Å². The van der Waals surface area contributed by atoms with Crippen LogP contribution in [0.15, 0.2) is 24.3 Å². The van der Waals surface area contributed by atoms with Gasteiger partial charge in [-0.05, 0) is 19.9 Å². The first-order valence-corrected chi connectivity index (χ1v) is 4.96. The summed E-state index contributed by atoms with van der Waals surface area (Å²) in [5.41, 5.74) is 6.71. The molecule has 2 N–H and O–H groups in total. The predicted octanol–water partition coefficient (Wildman–Crippen LogP) is 2.12. The molecule has 15 heavy (non-hydrogen) atoms. The van der Waals surface area contributed by atoms with E-state index in [0.717, 1.165) is 11.3 Å². The van der Waals surface area contributed by atoms with E-state index in [4.69, 9.17) is 15.2 Å². The third-order valence-corrected chi connectivity index (χ3v) is 2.75. The Balaban J connectivity index is 3.05. The Morgan fingerprint density at radius 1 is 1.20 bits per heavy atom. The lowest BCUT2D eigenvalue weighted by molar-refractivity contribution is -0.000576. The van der Waals surface area contributed by atoms with Crippen molar-refractivity contribution in [2.45, 2.75) is 25.5 Å². The van der Waals surface area contributed by atoms with Crippen LogP contribution in [0.25, 0.3) is 0 Å². The fourth-order valence-corrected chi connectivity index (χ4v) is 1.42. The van der Waals surface area contributed by atoms with Gasteiger partial charge in [-0.2, -0.15) is 0 Å². The SMILES string of the molecule is COc1ccccc1C(N)C(C)(C)OC. The highest BCUT2D eigenvalue weighted by molar-refractivity contribution is 5.37. The fraction of sp³-hybridized carbons (Fsp3) is 0.500. The van der Waals surface area contributed by atoms with Crippen LogP contribution >= 0.6 is 0 Å². The van der Waals surface area contributed by atoms with Crippen molar-refractivity contribution in [3.63, 3.8) is 0 Å². The molecule has 0 heterocycles. The summed E-state index contributed by atoms with van der Waals surface area (Å²) in [5.74, 6) is 0.801. The first-order valence-electron chi connectivity index (χ1n) is 4.96. The number of benzene rings is 1. The minimum Gasteiger partial charge on any atom is -0.496 e. The molecule has 1 unspecified atom stereocenters. The van der Waals surface area contributed by atoms with Crippen molar-refractivity contribution in [2.24, 2.45) is 5.73 Å². The summed E-state index contributed by atoms with van der Waals surface area (Å²) >= 11 is 0. The molecular formula is C12H19NO2. The van der Waals surface area contributed by atoms with Gasteiger partial charge in [-0.15, -0.1) is 0 Å². The van der Waals surface area contributed by atoms with E-state index in [9.17, 15) is 0 Å². The van der Waals surface area contributed by atoms with E-state index in [0.29, 0.717) is 0 Å². The van der Waals surface area contributed by atoms with E-state index in [1.54, 1.807) is 14.2 Å². The summed E-state index contributed by atoms with van der Waals surface area (Å²) in [5, 5.41) is 0. The Bertz CT molecular complexity index is 323. The number of nitrogens with two attached hydrogens (primary N) is 1. The number of rotatable bonds is 4. The molecule has 3 heteroatoms. The van der Waals surface area contributed by atoms with Crippen molar-refractivity contribution >= 4 is 0 Å². The van der Waals surface area contributed by atoms with Gasteiger partial charge in [0.15, 0.2) is 0 Å². The number of methoxy groups -OCH3 is 2. The highest BCUT2D eigenvalue weighted by Gasteiger charge is 2.29. The molecular weight excluding hydrogens is 190 g/mol. The lowest BCUT2D eigenvalue weighted by atomic mass is 9.92. The minimum atomic E-state index is -0.408. The Labute approximate surface area is 91.2 Å². The van der Waals surface area contributed by atoms with Crippen molar-refractivity contribution < 1.29 is 9.47 Å². The molecule has 0 aromatic heterocycles. The second kappa shape index (κ2) is 4.64. The van der Waals surface area contributed by atoms with Gasteiger partial charge in [0.2, 0.25) is 0 Å². The lowest BCUT2D eigenvalue weighted by Gasteiger charge is -2.31. The Morgan fingerprint density at radius 2 is 1.80 bits per heavy atom. The van der Waals surface area contributed by atoms with Crippen LogP contribution in [0.1, 0.15) is 25.5 Å². The molecule has 0 aliphatic heterocycles. The molecule has 1 atom stereocenters. The molecule has 0 spiro atoms. The van der Waals surface area contributed by atoms with Crippen molar-refractivity contribution in [3.8, 4) is 5.75 Å². The third kappa shape index (κ3) is 2.49. The molecule has 1 aromatic carbocycles. The quantitative estimate of drug-likeness (QED) is 0.826. The average Bonchev–Trinajstić information content (AvgIpc) is 2.28. The topological polar surface area (TPSA) is 44.5 Å². The summed E-state index contributed by atoms with van der Waals surface area (Å²) in [6, 6.07) is 7.53. The molecule has 0 saturated carbocycles. The Hall–Kier alpha value is -1.06. The van der Waals surface area contributed by atoms with Crippen LogP contribution < -0.4 is 10.5 Å². The Morgan fingerprint density at radius 3 is 2.33 bits per heavy atom. The van der Waals surface area contributed by atoms with Gasteiger partial charge in [-0.3, -0.25) is 0 Å². The van der Waals surface area contributed by atoms with Crippen molar-refractivity contribution in [1.82, 2.24) is 0 Å². The molecule has 84 valence electrons. The van der Waals surface area contributed by atoms with Crippen molar-refractivity contribution in [1.29, 1.82) is 0 Å². The molecule has 0 aliphatic carbocycles. The predicted molar refractivity (Wildman–Crippen MR) is 61.0 cm³/mol. The average molecular weight is 209 g/mol. The highest BCUT2D eigenvalue weighted by atomic mass is 16.5. The van der Waals surface area contributed by atoms with Gasteiger partial charge in [0, 0.05) is 12.7 Å². The zero-order chi connectivity index (χ0) is 11.5. The zero-order valence-corrected chi connectivity index (χ0v) is 9.78. The van der Waals surface area contributed by atoms with Crippen LogP contribution in [0.4, 0.5) is 0 Å². The molecule has 0 bridgehead atoms. The normalized spacial score (nSPS) is 13.7. The number of hydrogen-bond donors (Lipinski definition) is 1. The van der Waals surface area contributed by atoms with Gasteiger partial charge in [-0.25, -0.2) is 0 Å². The van der Waals surface area contributed by atoms with Crippen LogP contribution in [0, 0.1) is 0 Å². The van der Waals surface area contributed by atoms with E-state index in [2.05, 4.69) is 0 Å². The highest BCUT2D eigenvalue weighted by Crippen LogP contribution is 2.31. The minimum absolute atomic E-state index is 0.210. The zero-order valence-electron chi connectivity index (χ0n) is 9.78. The maximum Gasteiger partial charge on any atom is 0.123 e. The first-order chi connectivity index (χ1) is 7.03. The van der Waals surface area contributed by atoms with E-state index < -0.39 is 5.60 Å². The van der Waals surface area contributed by atoms with Gasteiger partial charge < -0.3 is 15.2 Å². The molecule has 3 nitrogen and oxygen atoms in total. The number of hydrogen-bond acceptors (Lipinski definition) is 3. The van der Waals surface area contributed by atoms with Crippen molar-refractivity contribution in [3.05, 3.63) is 29.8 Å². The van der Waals surface area contributed by atoms with Gasteiger partial charge >= 0.3 is 0 Å². The largest absolute Gasteiger partial charge is 0.496 e. The second-order valence-corrected chi connectivity index (χ2v) is 4.03. The van der Waals surface area contributed by atoms with Gasteiger partial charge in [0.05, 0.1) is 18.8 Å². The van der Waals surface area contributed by atoms with Crippen LogP contribution in [-0.4, -0.2) is 19.8 Å². The van der Waals surface area contributed by atoms with Gasteiger partial charge in [0.1, 0.15) is 5.75 Å². The first kappa shape index (κ1) is 12.0. The van der Waals surface area contributed by atoms with E-state index in [1.165, 1.54) is 0 Å². The molecule has 1 rings (SSSR count). The smallest absolute Gasteiger partial charge is 0.123 e.